The van der Waals surface area contributed by atoms with Gasteiger partial charge in [0.05, 0.1) is 0 Å². The van der Waals surface area contributed by atoms with Crippen molar-refractivity contribution in [2.45, 2.75) is 39.7 Å². The van der Waals surface area contributed by atoms with Crippen LogP contribution in [0.1, 0.15) is 34.1 Å². The highest BCUT2D eigenvalue weighted by Gasteiger charge is 2.44. The Morgan fingerprint density at radius 3 is 1.71 bits per heavy atom. The highest BCUT2D eigenvalue weighted by molar-refractivity contribution is 7.05. The van der Waals surface area contributed by atoms with Crippen molar-refractivity contribution >= 4 is 18.6 Å². The largest absolute Gasteiger partial charge is 0.322 e. The molecule has 0 radical (unpaired) electrons. The molecule has 1 aliphatic rings. The molecule has 3 rings (SSSR count). The second kappa shape index (κ2) is 6.54. The summed E-state index contributed by atoms with van der Waals surface area (Å²) in [5.41, 5.74) is 1.46. The van der Waals surface area contributed by atoms with E-state index in [0.29, 0.717) is 0 Å². The molecule has 124 valence electrons. The van der Waals surface area contributed by atoms with Gasteiger partial charge in [0.1, 0.15) is 0 Å². The van der Waals surface area contributed by atoms with E-state index in [9.17, 15) is 0 Å². The third kappa shape index (κ3) is 3.17. The number of allylic oxidation sites excluding steroid dienone is 4. The van der Waals surface area contributed by atoms with Crippen molar-refractivity contribution in [1.29, 1.82) is 0 Å². The van der Waals surface area contributed by atoms with Gasteiger partial charge in [0.15, 0.2) is 0 Å². The van der Waals surface area contributed by atoms with Gasteiger partial charge in [-0.1, -0.05) is 83.6 Å². The molecule has 0 aliphatic heterocycles. The summed E-state index contributed by atoms with van der Waals surface area (Å²) in [6, 6.07) is 22.1. The molecule has 0 amide bonds. The highest BCUT2D eigenvalue weighted by atomic mass is 28.3. The van der Waals surface area contributed by atoms with Crippen LogP contribution in [0, 0.1) is 0 Å². The Morgan fingerprint density at radius 2 is 1.33 bits per heavy atom. The lowest BCUT2D eigenvalue weighted by atomic mass is 10.1. The maximum atomic E-state index is 4.12. The van der Waals surface area contributed by atoms with Crippen LogP contribution in [-0.2, 0) is 0 Å². The van der Waals surface area contributed by atoms with Crippen molar-refractivity contribution in [3.05, 3.63) is 83.6 Å². The Morgan fingerprint density at radius 1 is 0.833 bits per heavy atom. The maximum absolute atomic E-state index is 4.12. The molecule has 0 bridgehead atoms. The molecule has 2 heteroatoms. The Labute approximate surface area is 147 Å². The molecular formula is C22H27NSi. The lowest BCUT2D eigenvalue weighted by molar-refractivity contribution is 0.517. The van der Waals surface area contributed by atoms with E-state index < -0.39 is 8.24 Å². The smallest absolute Gasteiger partial charge is 0.219 e. The standard InChI is InChI=1S/C22H27NSi/c1-18-12-11-17-21(18)24(23-22(2,3)4,19-13-7-5-8-14-19)20-15-9-6-10-16-20/h5-16,23H,17H2,1-4H3. The van der Waals surface area contributed by atoms with E-state index in [1.807, 2.05) is 0 Å². The van der Waals surface area contributed by atoms with Crippen LogP contribution in [0.25, 0.3) is 0 Å². The molecule has 0 heterocycles. The first-order valence-corrected chi connectivity index (χ1v) is 10.7. The summed E-state index contributed by atoms with van der Waals surface area (Å²) in [5, 5.41) is 4.45. The summed E-state index contributed by atoms with van der Waals surface area (Å²) < 4.78 is 0. The van der Waals surface area contributed by atoms with Crippen LogP contribution in [0.5, 0.6) is 0 Å². The Bertz CT molecular complexity index is 712. The van der Waals surface area contributed by atoms with Gasteiger partial charge in [0, 0.05) is 5.54 Å². The average molecular weight is 334 g/mol. The maximum Gasteiger partial charge on any atom is 0.219 e. The average Bonchev–Trinajstić information content (AvgIpc) is 3.00. The predicted octanol–water partition coefficient (Wildman–Crippen LogP) is 3.95. The van der Waals surface area contributed by atoms with Gasteiger partial charge in [-0.3, -0.25) is 0 Å². The van der Waals surface area contributed by atoms with E-state index >= 15 is 0 Å². The van der Waals surface area contributed by atoms with Crippen LogP contribution in [0.4, 0.5) is 0 Å². The normalized spacial score (nSPS) is 15.2. The van der Waals surface area contributed by atoms with Gasteiger partial charge in [0.2, 0.25) is 8.24 Å². The van der Waals surface area contributed by atoms with Crippen molar-refractivity contribution in [2.75, 3.05) is 0 Å². The highest BCUT2D eigenvalue weighted by Crippen LogP contribution is 2.28. The fraction of sp³-hybridized carbons (Fsp3) is 0.273. The SMILES string of the molecule is CC1=C([Si](NC(C)(C)C)(c2ccccc2)c2ccccc2)CC=C1. The molecule has 1 aliphatic carbocycles. The summed E-state index contributed by atoms with van der Waals surface area (Å²) in [7, 11) is -2.25. The minimum Gasteiger partial charge on any atom is -0.322 e. The first kappa shape index (κ1) is 16.9. The van der Waals surface area contributed by atoms with Gasteiger partial charge in [-0.2, -0.15) is 0 Å². The second-order valence-corrected chi connectivity index (χ2v) is 11.1. The molecule has 0 aromatic heterocycles. The van der Waals surface area contributed by atoms with Crippen LogP contribution in [0.3, 0.4) is 0 Å². The van der Waals surface area contributed by atoms with Crippen LogP contribution in [0.2, 0.25) is 0 Å². The molecule has 0 unspecified atom stereocenters. The van der Waals surface area contributed by atoms with Crippen molar-refractivity contribution in [3.8, 4) is 0 Å². The van der Waals surface area contributed by atoms with Gasteiger partial charge in [-0.25, -0.2) is 0 Å². The molecule has 2 aromatic carbocycles. The van der Waals surface area contributed by atoms with Gasteiger partial charge < -0.3 is 4.98 Å². The van der Waals surface area contributed by atoms with Crippen LogP contribution in [0.15, 0.2) is 83.6 Å². The van der Waals surface area contributed by atoms with Gasteiger partial charge in [-0.05, 0) is 44.5 Å². The minimum atomic E-state index is -2.25. The molecule has 0 saturated heterocycles. The fourth-order valence-electron chi connectivity index (χ4n) is 3.74. The Balaban J connectivity index is 2.31. The van der Waals surface area contributed by atoms with Crippen LogP contribution >= 0.6 is 0 Å². The summed E-state index contributed by atoms with van der Waals surface area (Å²) in [5.74, 6) is 0. The Hall–Kier alpha value is -1.90. The first-order valence-electron chi connectivity index (χ1n) is 8.71. The number of rotatable bonds is 4. The molecular weight excluding hydrogens is 306 g/mol. The molecule has 1 N–H and O–H groups in total. The summed E-state index contributed by atoms with van der Waals surface area (Å²) in [4.78, 5) is 4.12. The van der Waals surface area contributed by atoms with Crippen molar-refractivity contribution in [1.82, 2.24) is 4.98 Å². The third-order valence-corrected chi connectivity index (χ3v) is 9.62. The van der Waals surface area contributed by atoms with E-state index in [-0.39, 0.29) is 5.54 Å². The predicted molar refractivity (Wildman–Crippen MR) is 107 cm³/mol. The summed E-state index contributed by atoms with van der Waals surface area (Å²) in [6.45, 7) is 9.09. The number of benzene rings is 2. The number of hydrogen-bond acceptors (Lipinski definition) is 1. The van der Waals surface area contributed by atoms with Crippen LogP contribution in [-0.4, -0.2) is 13.8 Å². The van der Waals surface area contributed by atoms with Crippen molar-refractivity contribution in [2.24, 2.45) is 0 Å². The van der Waals surface area contributed by atoms with Crippen LogP contribution < -0.4 is 15.4 Å². The topological polar surface area (TPSA) is 12.0 Å². The number of nitrogens with one attached hydrogen (secondary N) is 1. The van der Waals surface area contributed by atoms with E-state index in [1.54, 1.807) is 5.20 Å². The van der Waals surface area contributed by atoms with E-state index in [4.69, 9.17) is 0 Å². The third-order valence-electron chi connectivity index (χ3n) is 4.59. The minimum absolute atomic E-state index is 0.0355. The molecule has 0 atom stereocenters. The van der Waals surface area contributed by atoms with Crippen molar-refractivity contribution in [3.63, 3.8) is 0 Å². The monoisotopic (exact) mass is 333 g/mol. The quantitative estimate of drug-likeness (QED) is 0.836. The number of hydrogen-bond donors (Lipinski definition) is 1. The summed E-state index contributed by atoms with van der Waals surface area (Å²) in [6.07, 6.45) is 5.64. The molecule has 0 spiro atoms. The van der Waals surface area contributed by atoms with E-state index in [2.05, 4.69) is 105 Å². The molecule has 1 nitrogen and oxygen atoms in total. The molecule has 0 saturated carbocycles. The zero-order chi connectivity index (χ0) is 17.2. The summed E-state index contributed by atoms with van der Waals surface area (Å²) >= 11 is 0. The van der Waals surface area contributed by atoms with E-state index in [1.165, 1.54) is 15.9 Å². The lowest BCUT2D eigenvalue weighted by Crippen LogP contribution is -2.74. The van der Waals surface area contributed by atoms with Gasteiger partial charge >= 0.3 is 0 Å². The Kier molecular flexibility index (Phi) is 4.61. The second-order valence-electron chi connectivity index (χ2n) is 7.63. The zero-order valence-corrected chi connectivity index (χ0v) is 16.1. The van der Waals surface area contributed by atoms with Gasteiger partial charge in [0.25, 0.3) is 0 Å². The van der Waals surface area contributed by atoms with E-state index in [0.717, 1.165) is 6.42 Å². The zero-order valence-electron chi connectivity index (χ0n) is 15.1. The molecule has 2 aromatic rings. The molecule has 24 heavy (non-hydrogen) atoms. The van der Waals surface area contributed by atoms with Crippen molar-refractivity contribution < 1.29 is 0 Å². The first-order chi connectivity index (χ1) is 11.4. The van der Waals surface area contributed by atoms with Gasteiger partial charge in [-0.15, -0.1) is 0 Å². The molecule has 0 fully saturated rings. The fourth-order valence-corrected chi connectivity index (χ4v) is 8.82. The lowest BCUT2D eigenvalue weighted by Gasteiger charge is -2.41.